The number of nitrogens with one attached hydrogen (secondary N) is 1. The summed E-state index contributed by atoms with van der Waals surface area (Å²) >= 11 is 0. The molecule has 0 atom stereocenters. The van der Waals surface area contributed by atoms with E-state index in [1.807, 2.05) is 30.9 Å². The smallest absolute Gasteiger partial charge is 0.159 e. The summed E-state index contributed by atoms with van der Waals surface area (Å²) in [6.45, 7) is 0.829. The van der Waals surface area contributed by atoms with Gasteiger partial charge in [-0.15, -0.1) is 0 Å². The van der Waals surface area contributed by atoms with E-state index in [0.29, 0.717) is 0 Å². The topological polar surface area (TPSA) is 42.7 Å². The summed E-state index contributed by atoms with van der Waals surface area (Å²) in [4.78, 5) is 8.55. The van der Waals surface area contributed by atoms with Crippen molar-refractivity contribution >= 4 is 11.2 Å². The molecule has 0 aliphatic heterocycles. The monoisotopic (exact) mass is 176 g/mol. The molecule has 0 aliphatic rings. The average molecular weight is 176 g/mol. The van der Waals surface area contributed by atoms with Gasteiger partial charge >= 0.3 is 0 Å². The lowest BCUT2D eigenvalue weighted by Crippen LogP contribution is -2.05. The second-order valence-corrected chi connectivity index (χ2v) is 3.03. The molecule has 0 amide bonds. The fourth-order valence-electron chi connectivity index (χ4n) is 1.41. The van der Waals surface area contributed by atoms with Gasteiger partial charge in [0.25, 0.3) is 0 Å². The van der Waals surface area contributed by atoms with Crippen LogP contribution in [0.25, 0.3) is 11.2 Å². The Labute approximate surface area is 76.6 Å². The summed E-state index contributed by atoms with van der Waals surface area (Å²) in [6, 6.07) is 1.99. The zero-order valence-corrected chi connectivity index (χ0v) is 7.78. The van der Waals surface area contributed by atoms with Gasteiger partial charge in [-0.1, -0.05) is 0 Å². The van der Waals surface area contributed by atoms with Gasteiger partial charge in [0.15, 0.2) is 5.65 Å². The molecule has 4 nitrogen and oxygen atoms in total. The Balaban J connectivity index is 2.63. The Bertz CT molecular complexity index is 418. The Morgan fingerprint density at radius 2 is 2.31 bits per heavy atom. The van der Waals surface area contributed by atoms with E-state index >= 15 is 0 Å². The minimum Gasteiger partial charge on any atom is -0.318 e. The number of hydrogen-bond donors (Lipinski definition) is 1. The molecule has 2 aromatic heterocycles. The molecule has 2 aromatic rings. The largest absolute Gasteiger partial charge is 0.318 e. The number of fused-ring (bicyclic) bond motifs is 1. The highest BCUT2D eigenvalue weighted by Crippen LogP contribution is 2.13. The summed E-state index contributed by atoms with van der Waals surface area (Å²) in [6.07, 6.45) is 3.60. The van der Waals surface area contributed by atoms with E-state index in [1.54, 1.807) is 6.33 Å². The standard InChI is InChI=1S/C9H12N4/c1-10-5-7-3-4-11-9-8(7)12-6-13(9)2/h3-4,6,10H,5H2,1-2H3. The molecule has 68 valence electrons. The summed E-state index contributed by atoms with van der Waals surface area (Å²) < 4.78 is 1.93. The molecule has 0 unspecified atom stereocenters. The summed E-state index contributed by atoms with van der Waals surface area (Å²) in [5.41, 5.74) is 3.11. The second-order valence-electron chi connectivity index (χ2n) is 3.03. The Morgan fingerprint density at radius 3 is 3.08 bits per heavy atom. The molecule has 4 heteroatoms. The van der Waals surface area contributed by atoms with Crippen LogP contribution in [-0.2, 0) is 13.6 Å². The predicted octanol–water partition coefficient (Wildman–Crippen LogP) is 0.688. The van der Waals surface area contributed by atoms with Crippen molar-refractivity contribution in [1.29, 1.82) is 0 Å². The molecule has 2 rings (SSSR count). The van der Waals surface area contributed by atoms with Gasteiger partial charge in [0.1, 0.15) is 5.52 Å². The number of hydrogen-bond acceptors (Lipinski definition) is 3. The molecule has 0 saturated heterocycles. The third-order valence-corrected chi connectivity index (χ3v) is 2.05. The molecule has 0 fully saturated rings. The maximum absolute atomic E-state index is 4.30. The maximum Gasteiger partial charge on any atom is 0.159 e. The molecule has 0 aromatic carbocycles. The molecule has 0 radical (unpaired) electrons. The van der Waals surface area contributed by atoms with Crippen molar-refractivity contribution in [1.82, 2.24) is 19.9 Å². The van der Waals surface area contributed by atoms with E-state index in [4.69, 9.17) is 0 Å². The summed E-state index contributed by atoms with van der Waals surface area (Å²) in [5.74, 6) is 0. The van der Waals surface area contributed by atoms with Crippen LogP contribution in [0, 0.1) is 0 Å². The van der Waals surface area contributed by atoms with Gasteiger partial charge in [0.05, 0.1) is 6.33 Å². The second kappa shape index (κ2) is 3.14. The summed E-state index contributed by atoms with van der Waals surface area (Å²) in [5, 5.41) is 3.11. The van der Waals surface area contributed by atoms with E-state index in [0.717, 1.165) is 17.7 Å². The molecule has 13 heavy (non-hydrogen) atoms. The van der Waals surface area contributed by atoms with Crippen LogP contribution in [0.4, 0.5) is 0 Å². The lowest BCUT2D eigenvalue weighted by Gasteiger charge is -2.00. The number of aromatic nitrogens is 3. The number of nitrogens with zero attached hydrogens (tertiary/aromatic N) is 3. The minimum absolute atomic E-state index is 0.829. The third-order valence-electron chi connectivity index (χ3n) is 2.05. The van der Waals surface area contributed by atoms with Crippen molar-refractivity contribution < 1.29 is 0 Å². The van der Waals surface area contributed by atoms with Gasteiger partial charge < -0.3 is 9.88 Å². The number of imidazole rings is 1. The van der Waals surface area contributed by atoms with Crippen LogP contribution in [0.5, 0.6) is 0 Å². The van der Waals surface area contributed by atoms with Crippen molar-refractivity contribution in [2.45, 2.75) is 6.54 Å². The van der Waals surface area contributed by atoms with Crippen molar-refractivity contribution in [2.24, 2.45) is 7.05 Å². The Hall–Kier alpha value is -1.42. The molecule has 0 saturated carbocycles. The van der Waals surface area contributed by atoms with E-state index in [1.165, 1.54) is 5.56 Å². The van der Waals surface area contributed by atoms with Gasteiger partial charge in [-0.05, 0) is 18.7 Å². The third kappa shape index (κ3) is 1.29. The normalized spacial score (nSPS) is 10.9. The van der Waals surface area contributed by atoms with Crippen LogP contribution in [0.15, 0.2) is 18.6 Å². The number of rotatable bonds is 2. The van der Waals surface area contributed by atoms with E-state index < -0.39 is 0 Å². The van der Waals surface area contributed by atoms with Gasteiger partial charge in [0.2, 0.25) is 0 Å². The van der Waals surface area contributed by atoms with Gasteiger partial charge in [-0.2, -0.15) is 0 Å². The quantitative estimate of drug-likeness (QED) is 0.732. The first kappa shape index (κ1) is 8.19. The molecule has 2 heterocycles. The first-order valence-electron chi connectivity index (χ1n) is 4.22. The van der Waals surface area contributed by atoms with Gasteiger partial charge in [0, 0.05) is 19.8 Å². The van der Waals surface area contributed by atoms with Crippen LogP contribution in [0.2, 0.25) is 0 Å². The van der Waals surface area contributed by atoms with Crippen LogP contribution in [-0.4, -0.2) is 21.6 Å². The zero-order valence-electron chi connectivity index (χ0n) is 7.78. The number of pyridine rings is 1. The lowest BCUT2D eigenvalue weighted by atomic mass is 10.2. The highest BCUT2D eigenvalue weighted by atomic mass is 15.1. The van der Waals surface area contributed by atoms with Crippen LogP contribution < -0.4 is 5.32 Å². The van der Waals surface area contributed by atoms with Crippen molar-refractivity contribution in [3.8, 4) is 0 Å². The van der Waals surface area contributed by atoms with E-state index in [2.05, 4.69) is 15.3 Å². The lowest BCUT2D eigenvalue weighted by molar-refractivity contribution is 0.821. The Morgan fingerprint density at radius 1 is 1.46 bits per heavy atom. The van der Waals surface area contributed by atoms with Crippen molar-refractivity contribution in [3.05, 3.63) is 24.2 Å². The van der Waals surface area contributed by atoms with Crippen molar-refractivity contribution in [3.63, 3.8) is 0 Å². The fourth-order valence-corrected chi connectivity index (χ4v) is 1.41. The molecule has 0 spiro atoms. The van der Waals surface area contributed by atoms with Gasteiger partial charge in [-0.25, -0.2) is 9.97 Å². The maximum atomic E-state index is 4.30. The van der Waals surface area contributed by atoms with E-state index in [9.17, 15) is 0 Å². The molecule has 0 aliphatic carbocycles. The number of aryl methyl sites for hydroxylation is 1. The highest BCUT2D eigenvalue weighted by molar-refractivity contribution is 5.74. The first-order chi connectivity index (χ1) is 6.33. The molecular weight excluding hydrogens is 164 g/mol. The van der Waals surface area contributed by atoms with E-state index in [-0.39, 0.29) is 0 Å². The first-order valence-corrected chi connectivity index (χ1v) is 4.22. The Kier molecular flexibility index (Phi) is 1.98. The molecular formula is C9H12N4. The average Bonchev–Trinajstić information content (AvgIpc) is 2.50. The van der Waals surface area contributed by atoms with Crippen LogP contribution in [0.3, 0.4) is 0 Å². The van der Waals surface area contributed by atoms with Crippen LogP contribution in [0.1, 0.15) is 5.56 Å². The molecule has 0 bridgehead atoms. The minimum atomic E-state index is 0.829. The predicted molar refractivity (Wildman–Crippen MR) is 51.3 cm³/mol. The summed E-state index contributed by atoms with van der Waals surface area (Å²) in [7, 11) is 3.88. The van der Waals surface area contributed by atoms with Gasteiger partial charge in [-0.3, -0.25) is 0 Å². The van der Waals surface area contributed by atoms with Crippen molar-refractivity contribution in [2.75, 3.05) is 7.05 Å². The molecule has 1 N–H and O–H groups in total. The highest BCUT2D eigenvalue weighted by Gasteiger charge is 2.04. The SMILES string of the molecule is CNCc1ccnc2c1ncn2C. The fraction of sp³-hybridized carbons (Fsp3) is 0.333. The van der Waals surface area contributed by atoms with Crippen LogP contribution >= 0.6 is 0 Å². The zero-order chi connectivity index (χ0) is 9.26.